The lowest BCUT2D eigenvalue weighted by Crippen LogP contribution is -1.92. The molecule has 214 valence electrons. The van der Waals surface area contributed by atoms with Crippen LogP contribution < -0.4 is 0 Å². The van der Waals surface area contributed by atoms with E-state index in [2.05, 4.69) is 182 Å². The summed E-state index contributed by atoms with van der Waals surface area (Å²) in [5.41, 5.74) is 9.95. The highest BCUT2D eigenvalue weighted by Gasteiger charge is 2.18. The van der Waals surface area contributed by atoms with Gasteiger partial charge in [-0.25, -0.2) is 0 Å². The molecule has 0 aromatic heterocycles. The maximum absolute atomic E-state index is 2.41. The number of benzene rings is 9. The van der Waals surface area contributed by atoms with E-state index < -0.39 is 0 Å². The standard InChI is InChI=1S/C46H30/c1-2-16-33(17-3-1)45-41-22-8-10-24-43(41)46(44-25-11-9-23-42(44)45)36-29-34(39-26-12-18-31-14-4-6-20-37(31)39)28-35(30-36)40-27-13-19-32-15-5-7-21-38(32)40/h1-30H. The molecule has 0 nitrogen and oxygen atoms in total. The molecule has 0 saturated heterocycles. The number of rotatable bonds is 4. The summed E-state index contributed by atoms with van der Waals surface area (Å²) < 4.78 is 0. The van der Waals surface area contributed by atoms with Gasteiger partial charge >= 0.3 is 0 Å². The molecule has 0 aliphatic rings. The molecule has 46 heavy (non-hydrogen) atoms. The van der Waals surface area contributed by atoms with Gasteiger partial charge in [0.25, 0.3) is 0 Å². The van der Waals surface area contributed by atoms with Gasteiger partial charge in [-0.1, -0.05) is 164 Å². The van der Waals surface area contributed by atoms with Crippen molar-refractivity contribution >= 4 is 43.1 Å². The average molecular weight is 583 g/mol. The van der Waals surface area contributed by atoms with Crippen molar-refractivity contribution in [2.24, 2.45) is 0 Å². The molecule has 0 fully saturated rings. The van der Waals surface area contributed by atoms with Gasteiger partial charge in [0, 0.05) is 0 Å². The summed E-state index contributed by atoms with van der Waals surface area (Å²) in [7, 11) is 0. The Morgan fingerprint density at radius 3 is 1.04 bits per heavy atom. The Labute approximate surface area is 268 Å². The van der Waals surface area contributed by atoms with Crippen LogP contribution in [0.25, 0.3) is 87.6 Å². The second-order valence-corrected chi connectivity index (χ2v) is 12.1. The van der Waals surface area contributed by atoms with E-state index in [4.69, 9.17) is 0 Å². The lowest BCUT2D eigenvalue weighted by atomic mass is 9.84. The number of fused-ring (bicyclic) bond motifs is 4. The molecule has 9 aromatic carbocycles. The van der Waals surface area contributed by atoms with Crippen molar-refractivity contribution < 1.29 is 0 Å². The van der Waals surface area contributed by atoms with Crippen LogP contribution in [0.2, 0.25) is 0 Å². The van der Waals surface area contributed by atoms with Crippen LogP contribution in [0.5, 0.6) is 0 Å². The number of hydrogen-bond donors (Lipinski definition) is 0. The summed E-state index contributed by atoms with van der Waals surface area (Å²) in [4.78, 5) is 0. The second-order valence-electron chi connectivity index (χ2n) is 12.1. The quantitative estimate of drug-likeness (QED) is 0.181. The van der Waals surface area contributed by atoms with Crippen LogP contribution in [0, 0.1) is 0 Å². The van der Waals surface area contributed by atoms with Gasteiger partial charge < -0.3 is 0 Å². The fraction of sp³-hybridized carbons (Fsp3) is 0. The highest BCUT2D eigenvalue weighted by atomic mass is 14.2. The lowest BCUT2D eigenvalue weighted by Gasteiger charge is -2.19. The molecule has 0 heterocycles. The smallest absolute Gasteiger partial charge is 0.00259 e. The summed E-state index contributed by atoms with van der Waals surface area (Å²) in [6, 6.07) is 66.6. The van der Waals surface area contributed by atoms with Crippen LogP contribution in [-0.2, 0) is 0 Å². The monoisotopic (exact) mass is 582 g/mol. The van der Waals surface area contributed by atoms with E-state index in [0.717, 1.165) is 0 Å². The fourth-order valence-electron chi connectivity index (χ4n) is 7.39. The van der Waals surface area contributed by atoms with E-state index in [1.807, 2.05) is 0 Å². The van der Waals surface area contributed by atoms with Gasteiger partial charge in [-0.15, -0.1) is 0 Å². The maximum Gasteiger partial charge on any atom is -0.00259 e. The van der Waals surface area contributed by atoms with Crippen molar-refractivity contribution in [2.45, 2.75) is 0 Å². The van der Waals surface area contributed by atoms with E-state index in [1.54, 1.807) is 0 Å². The van der Waals surface area contributed by atoms with Gasteiger partial charge in [-0.2, -0.15) is 0 Å². The zero-order valence-electron chi connectivity index (χ0n) is 25.3. The molecule has 0 heteroatoms. The SMILES string of the molecule is c1ccc(-c2c3ccccc3c(-c3cc(-c4cccc5ccccc45)cc(-c4cccc5ccccc45)c3)c3ccccc23)cc1. The summed E-state index contributed by atoms with van der Waals surface area (Å²) in [5, 5.41) is 10.1. The first-order valence-electron chi connectivity index (χ1n) is 15.9. The number of hydrogen-bond acceptors (Lipinski definition) is 0. The van der Waals surface area contributed by atoms with Crippen molar-refractivity contribution in [3.63, 3.8) is 0 Å². The van der Waals surface area contributed by atoms with Gasteiger partial charge in [-0.05, 0) is 106 Å². The minimum atomic E-state index is 1.22. The highest BCUT2D eigenvalue weighted by Crippen LogP contribution is 2.46. The third kappa shape index (κ3) is 4.30. The van der Waals surface area contributed by atoms with Gasteiger partial charge in [0.15, 0.2) is 0 Å². The van der Waals surface area contributed by atoms with Gasteiger partial charge in [0.2, 0.25) is 0 Å². The van der Waals surface area contributed by atoms with Crippen molar-refractivity contribution in [2.75, 3.05) is 0 Å². The molecular formula is C46H30. The van der Waals surface area contributed by atoms with E-state index in [0.29, 0.717) is 0 Å². The largest absolute Gasteiger partial charge is 0.0622 e. The predicted molar refractivity (Wildman–Crippen MR) is 198 cm³/mol. The molecule has 0 N–H and O–H groups in total. The normalized spacial score (nSPS) is 11.5. The Morgan fingerprint density at radius 1 is 0.217 bits per heavy atom. The van der Waals surface area contributed by atoms with Crippen molar-refractivity contribution in [1.29, 1.82) is 0 Å². The van der Waals surface area contributed by atoms with E-state index in [1.165, 1.54) is 87.6 Å². The predicted octanol–water partition coefficient (Wildman–Crippen LogP) is 13.0. The van der Waals surface area contributed by atoms with E-state index in [-0.39, 0.29) is 0 Å². The molecular weight excluding hydrogens is 553 g/mol. The summed E-state index contributed by atoms with van der Waals surface area (Å²) >= 11 is 0. The summed E-state index contributed by atoms with van der Waals surface area (Å²) in [6.45, 7) is 0. The Kier molecular flexibility index (Phi) is 6.25. The van der Waals surface area contributed by atoms with Crippen molar-refractivity contribution in [1.82, 2.24) is 0 Å². The summed E-state index contributed by atoms with van der Waals surface area (Å²) in [5.74, 6) is 0. The first-order valence-corrected chi connectivity index (χ1v) is 15.9. The zero-order valence-corrected chi connectivity index (χ0v) is 25.3. The van der Waals surface area contributed by atoms with Gasteiger partial charge in [0.05, 0.1) is 0 Å². The van der Waals surface area contributed by atoms with E-state index in [9.17, 15) is 0 Å². The molecule has 0 saturated carbocycles. The average Bonchev–Trinajstić information content (AvgIpc) is 3.13. The zero-order chi connectivity index (χ0) is 30.5. The molecule has 0 radical (unpaired) electrons. The molecule has 0 aliphatic heterocycles. The van der Waals surface area contributed by atoms with Crippen molar-refractivity contribution in [3.8, 4) is 44.5 Å². The first-order chi connectivity index (χ1) is 22.8. The summed E-state index contributed by atoms with van der Waals surface area (Å²) in [6.07, 6.45) is 0. The van der Waals surface area contributed by atoms with Crippen LogP contribution in [0.1, 0.15) is 0 Å². The molecule has 0 aliphatic carbocycles. The topological polar surface area (TPSA) is 0 Å². The Balaban J connectivity index is 1.42. The highest BCUT2D eigenvalue weighted by molar-refractivity contribution is 6.21. The Morgan fingerprint density at radius 2 is 0.565 bits per heavy atom. The first kappa shape index (κ1) is 26.4. The molecule has 0 spiro atoms. The van der Waals surface area contributed by atoms with Crippen molar-refractivity contribution in [3.05, 3.63) is 182 Å². The molecule has 0 atom stereocenters. The minimum absolute atomic E-state index is 1.22. The minimum Gasteiger partial charge on any atom is -0.0622 e. The molecule has 9 rings (SSSR count). The molecule has 9 aromatic rings. The van der Waals surface area contributed by atoms with Gasteiger partial charge in [-0.3, -0.25) is 0 Å². The van der Waals surface area contributed by atoms with Crippen LogP contribution in [0.3, 0.4) is 0 Å². The lowest BCUT2D eigenvalue weighted by molar-refractivity contribution is 1.61. The fourth-order valence-corrected chi connectivity index (χ4v) is 7.39. The van der Waals surface area contributed by atoms with Gasteiger partial charge in [0.1, 0.15) is 0 Å². The molecule has 0 amide bonds. The Hall–Kier alpha value is -5.98. The molecule has 0 unspecified atom stereocenters. The molecule has 0 bridgehead atoms. The van der Waals surface area contributed by atoms with Crippen LogP contribution >= 0.6 is 0 Å². The van der Waals surface area contributed by atoms with Crippen LogP contribution in [-0.4, -0.2) is 0 Å². The third-order valence-corrected chi connectivity index (χ3v) is 9.42. The maximum atomic E-state index is 2.41. The second kappa shape index (κ2) is 10.9. The Bertz CT molecular complexity index is 2410. The van der Waals surface area contributed by atoms with Crippen LogP contribution in [0.15, 0.2) is 182 Å². The van der Waals surface area contributed by atoms with E-state index >= 15 is 0 Å². The third-order valence-electron chi connectivity index (χ3n) is 9.42. The van der Waals surface area contributed by atoms with Crippen LogP contribution in [0.4, 0.5) is 0 Å².